The van der Waals surface area contributed by atoms with E-state index in [-0.39, 0.29) is 6.04 Å². The van der Waals surface area contributed by atoms with Crippen LogP contribution in [0.2, 0.25) is 0 Å². The van der Waals surface area contributed by atoms with Crippen LogP contribution in [-0.2, 0) is 0 Å². The van der Waals surface area contributed by atoms with Crippen LogP contribution >= 0.6 is 0 Å². The molecular weight excluding hydrogens is 244 g/mol. The highest BCUT2D eigenvalue weighted by molar-refractivity contribution is 5.83. The summed E-state index contributed by atoms with van der Waals surface area (Å²) in [7, 11) is 0. The van der Waals surface area contributed by atoms with Gasteiger partial charge in [-0.3, -0.25) is 0 Å². The first-order valence-electron chi connectivity index (χ1n) is 7.79. The molecule has 0 bridgehead atoms. The zero-order chi connectivity index (χ0) is 13.8. The lowest BCUT2D eigenvalue weighted by Gasteiger charge is -2.18. The second kappa shape index (κ2) is 6.38. The molecule has 20 heavy (non-hydrogen) atoms. The molecule has 0 saturated heterocycles. The third kappa shape index (κ3) is 3.38. The van der Waals surface area contributed by atoms with Gasteiger partial charge in [-0.15, -0.1) is 0 Å². The van der Waals surface area contributed by atoms with Gasteiger partial charge in [0.2, 0.25) is 0 Å². The molecule has 1 aliphatic rings. The van der Waals surface area contributed by atoms with Crippen molar-refractivity contribution in [1.29, 1.82) is 0 Å². The van der Waals surface area contributed by atoms with Gasteiger partial charge in [-0.05, 0) is 47.7 Å². The van der Waals surface area contributed by atoms with Gasteiger partial charge < -0.3 is 11.1 Å². The first-order chi connectivity index (χ1) is 9.86. The molecule has 0 aliphatic heterocycles. The summed E-state index contributed by atoms with van der Waals surface area (Å²) in [6.07, 6.45) is 5.55. The third-order valence-electron chi connectivity index (χ3n) is 4.29. The fraction of sp³-hybridized carbons (Fsp3) is 0.444. The number of nitrogens with two attached hydrogens (primary N) is 1. The highest BCUT2D eigenvalue weighted by Gasteiger charge is 2.20. The Hall–Kier alpha value is -1.38. The van der Waals surface area contributed by atoms with E-state index < -0.39 is 0 Å². The summed E-state index contributed by atoms with van der Waals surface area (Å²) in [5, 5.41) is 6.20. The van der Waals surface area contributed by atoms with Crippen LogP contribution in [0.15, 0.2) is 42.5 Å². The SMILES string of the molecule is NCC(NCCCC1CC1)c1ccc2ccccc2c1. The predicted octanol–water partition coefficient (Wildman–Crippen LogP) is 3.62. The van der Waals surface area contributed by atoms with Crippen LogP contribution < -0.4 is 11.1 Å². The Kier molecular flexibility index (Phi) is 4.34. The zero-order valence-electron chi connectivity index (χ0n) is 12.0. The molecule has 3 N–H and O–H groups in total. The Morgan fingerprint density at radius 1 is 1.10 bits per heavy atom. The van der Waals surface area contributed by atoms with Gasteiger partial charge in [-0.2, -0.15) is 0 Å². The molecule has 0 amide bonds. The topological polar surface area (TPSA) is 38.0 Å². The van der Waals surface area contributed by atoms with Gasteiger partial charge in [-0.25, -0.2) is 0 Å². The molecule has 3 rings (SSSR count). The number of fused-ring (bicyclic) bond motifs is 1. The van der Waals surface area contributed by atoms with Gasteiger partial charge >= 0.3 is 0 Å². The lowest BCUT2D eigenvalue weighted by molar-refractivity contribution is 0.512. The summed E-state index contributed by atoms with van der Waals surface area (Å²) in [4.78, 5) is 0. The van der Waals surface area contributed by atoms with E-state index in [2.05, 4.69) is 47.8 Å². The Morgan fingerprint density at radius 3 is 2.65 bits per heavy atom. The van der Waals surface area contributed by atoms with E-state index in [9.17, 15) is 0 Å². The Balaban J connectivity index is 1.63. The van der Waals surface area contributed by atoms with Crippen LogP contribution in [0.1, 0.15) is 37.3 Å². The van der Waals surface area contributed by atoms with Crippen molar-refractivity contribution < 1.29 is 0 Å². The van der Waals surface area contributed by atoms with E-state index in [1.165, 1.54) is 42.0 Å². The van der Waals surface area contributed by atoms with E-state index in [0.29, 0.717) is 6.54 Å². The molecule has 1 fully saturated rings. The molecule has 106 valence electrons. The molecule has 0 spiro atoms. The van der Waals surface area contributed by atoms with Gasteiger partial charge in [0.05, 0.1) is 0 Å². The maximum absolute atomic E-state index is 5.94. The molecule has 2 aromatic rings. The van der Waals surface area contributed by atoms with Crippen molar-refractivity contribution in [3.05, 3.63) is 48.0 Å². The van der Waals surface area contributed by atoms with Crippen molar-refractivity contribution in [2.45, 2.75) is 31.7 Å². The van der Waals surface area contributed by atoms with Crippen molar-refractivity contribution in [3.63, 3.8) is 0 Å². The summed E-state index contributed by atoms with van der Waals surface area (Å²) < 4.78 is 0. The highest BCUT2D eigenvalue weighted by Crippen LogP contribution is 2.33. The third-order valence-corrected chi connectivity index (χ3v) is 4.29. The lowest BCUT2D eigenvalue weighted by Crippen LogP contribution is -2.29. The van der Waals surface area contributed by atoms with E-state index in [1.54, 1.807) is 0 Å². The molecule has 0 radical (unpaired) electrons. The number of hydrogen-bond donors (Lipinski definition) is 2. The average Bonchev–Trinajstić information content (AvgIpc) is 3.31. The van der Waals surface area contributed by atoms with E-state index in [1.807, 2.05) is 0 Å². The van der Waals surface area contributed by atoms with Crippen molar-refractivity contribution in [2.75, 3.05) is 13.1 Å². The minimum absolute atomic E-state index is 0.277. The van der Waals surface area contributed by atoms with Crippen molar-refractivity contribution in [3.8, 4) is 0 Å². The first-order valence-corrected chi connectivity index (χ1v) is 7.79. The second-order valence-electron chi connectivity index (χ2n) is 5.93. The normalized spacial score (nSPS) is 16.4. The van der Waals surface area contributed by atoms with E-state index in [0.717, 1.165) is 12.5 Å². The monoisotopic (exact) mass is 268 g/mol. The van der Waals surface area contributed by atoms with E-state index >= 15 is 0 Å². The molecule has 1 atom stereocenters. The molecule has 1 unspecified atom stereocenters. The molecular formula is C18H24N2. The standard InChI is InChI=1S/C18H24N2/c19-13-18(20-11-3-4-14-7-8-14)17-10-9-15-5-1-2-6-16(15)12-17/h1-2,5-6,9-10,12,14,18,20H,3-4,7-8,11,13,19H2. The lowest BCUT2D eigenvalue weighted by atomic mass is 10.0. The first kappa shape index (κ1) is 13.6. The molecule has 1 saturated carbocycles. The Bertz CT molecular complexity index is 560. The molecule has 2 aromatic carbocycles. The largest absolute Gasteiger partial charge is 0.329 e. The summed E-state index contributed by atoms with van der Waals surface area (Å²) in [5.74, 6) is 1.02. The molecule has 0 aromatic heterocycles. The molecule has 1 aliphatic carbocycles. The van der Waals surface area contributed by atoms with Gasteiger partial charge in [0.15, 0.2) is 0 Å². The van der Waals surface area contributed by atoms with Crippen LogP contribution in [0.3, 0.4) is 0 Å². The summed E-state index contributed by atoms with van der Waals surface area (Å²) in [6, 6.07) is 15.4. The average molecular weight is 268 g/mol. The van der Waals surface area contributed by atoms with Crippen LogP contribution in [-0.4, -0.2) is 13.1 Å². The summed E-state index contributed by atoms with van der Waals surface area (Å²) in [6.45, 7) is 1.73. The number of benzene rings is 2. The fourth-order valence-corrected chi connectivity index (χ4v) is 2.84. The van der Waals surface area contributed by atoms with Crippen molar-refractivity contribution in [1.82, 2.24) is 5.32 Å². The van der Waals surface area contributed by atoms with Gasteiger partial charge in [-0.1, -0.05) is 49.2 Å². The second-order valence-corrected chi connectivity index (χ2v) is 5.93. The number of nitrogens with one attached hydrogen (secondary N) is 1. The minimum atomic E-state index is 0.277. The minimum Gasteiger partial charge on any atom is -0.329 e. The van der Waals surface area contributed by atoms with Gasteiger partial charge in [0.25, 0.3) is 0 Å². The van der Waals surface area contributed by atoms with Crippen LogP contribution in [0.25, 0.3) is 10.8 Å². The number of hydrogen-bond acceptors (Lipinski definition) is 2. The Morgan fingerprint density at radius 2 is 1.90 bits per heavy atom. The summed E-state index contributed by atoms with van der Waals surface area (Å²) >= 11 is 0. The molecule has 0 heterocycles. The fourth-order valence-electron chi connectivity index (χ4n) is 2.84. The number of rotatable bonds is 7. The van der Waals surface area contributed by atoms with Crippen LogP contribution in [0, 0.1) is 5.92 Å². The maximum Gasteiger partial charge on any atom is 0.0444 e. The maximum atomic E-state index is 5.94. The Labute approximate surface area is 121 Å². The van der Waals surface area contributed by atoms with Crippen molar-refractivity contribution >= 4 is 10.8 Å². The molecule has 2 nitrogen and oxygen atoms in total. The van der Waals surface area contributed by atoms with Gasteiger partial charge in [0, 0.05) is 12.6 Å². The van der Waals surface area contributed by atoms with E-state index in [4.69, 9.17) is 5.73 Å². The predicted molar refractivity (Wildman–Crippen MR) is 85.7 cm³/mol. The van der Waals surface area contributed by atoms with Crippen molar-refractivity contribution in [2.24, 2.45) is 11.7 Å². The molecule has 2 heteroatoms. The summed E-state index contributed by atoms with van der Waals surface area (Å²) in [5.41, 5.74) is 7.24. The van der Waals surface area contributed by atoms with Crippen LogP contribution in [0.5, 0.6) is 0 Å². The highest BCUT2D eigenvalue weighted by atomic mass is 14.9. The smallest absolute Gasteiger partial charge is 0.0444 e. The van der Waals surface area contributed by atoms with Gasteiger partial charge in [0.1, 0.15) is 0 Å². The zero-order valence-corrected chi connectivity index (χ0v) is 12.0. The van der Waals surface area contributed by atoms with Crippen LogP contribution in [0.4, 0.5) is 0 Å². The quantitative estimate of drug-likeness (QED) is 0.753.